The van der Waals surface area contributed by atoms with E-state index in [-0.39, 0.29) is 12.0 Å². The van der Waals surface area contributed by atoms with Gasteiger partial charge in [-0.1, -0.05) is 53.5 Å². The van der Waals surface area contributed by atoms with E-state index in [4.69, 9.17) is 27.9 Å². The van der Waals surface area contributed by atoms with Crippen LogP contribution in [-0.2, 0) is 0 Å². The van der Waals surface area contributed by atoms with E-state index in [1.165, 1.54) is 6.20 Å². The van der Waals surface area contributed by atoms with Crippen LogP contribution in [0, 0.1) is 0 Å². The predicted molar refractivity (Wildman–Crippen MR) is 155 cm³/mol. The lowest BCUT2D eigenvalue weighted by molar-refractivity contribution is 0.101. The highest BCUT2D eigenvalue weighted by Crippen LogP contribution is 2.31. The van der Waals surface area contributed by atoms with Crippen LogP contribution in [0.5, 0.6) is 5.75 Å². The first-order valence-corrected chi connectivity index (χ1v) is 13.3. The summed E-state index contributed by atoms with van der Waals surface area (Å²) in [6, 6.07) is 23.0. The van der Waals surface area contributed by atoms with Gasteiger partial charge in [-0.15, -0.1) is 0 Å². The van der Waals surface area contributed by atoms with Crippen molar-refractivity contribution >= 4 is 46.5 Å². The number of amides is 2. The van der Waals surface area contributed by atoms with Gasteiger partial charge in [-0.25, -0.2) is 4.98 Å². The molecular weight excluding hydrogens is 535 g/mol. The fourth-order valence-electron chi connectivity index (χ4n) is 4.34. The minimum Gasteiger partial charge on any atom is -0.489 e. The van der Waals surface area contributed by atoms with Gasteiger partial charge in [-0.3, -0.25) is 9.59 Å². The van der Waals surface area contributed by atoms with Gasteiger partial charge in [-0.05, 0) is 85.6 Å². The Bertz CT molecular complexity index is 1470. The number of aromatic nitrogens is 1. The second-order valence-corrected chi connectivity index (χ2v) is 9.97. The Morgan fingerprint density at radius 1 is 0.795 bits per heavy atom. The Morgan fingerprint density at radius 3 is 2.23 bits per heavy atom. The first-order valence-electron chi connectivity index (χ1n) is 12.6. The van der Waals surface area contributed by atoms with Gasteiger partial charge in [-0.2, -0.15) is 0 Å². The third-order valence-corrected chi connectivity index (χ3v) is 6.85. The van der Waals surface area contributed by atoms with Crippen LogP contribution in [0.2, 0.25) is 10.0 Å². The fraction of sp³-hybridized carbons (Fsp3) is 0.167. The molecule has 3 N–H and O–H groups in total. The minimum atomic E-state index is -0.412. The predicted octanol–water partition coefficient (Wildman–Crippen LogP) is 6.69. The maximum atomic E-state index is 13.6. The van der Waals surface area contributed by atoms with E-state index < -0.39 is 5.91 Å². The van der Waals surface area contributed by atoms with Crippen LogP contribution < -0.4 is 20.7 Å². The van der Waals surface area contributed by atoms with E-state index in [0.717, 1.165) is 37.1 Å². The van der Waals surface area contributed by atoms with Gasteiger partial charge >= 0.3 is 0 Å². The highest BCUT2D eigenvalue weighted by molar-refractivity contribution is 6.30. The van der Waals surface area contributed by atoms with E-state index in [2.05, 4.69) is 20.9 Å². The zero-order valence-electron chi connectivity index (χ0n) is 20.9. The smallest absolute Gasteiger partial charge is 0.259 e. The molecule has 2 heterocycles. The molecule has 0 spiro atoms. The van der Waals surface area contributed by atoms with Gasteiger partial charge < -0.3 is 20.7 Å². The van der Waals surface area contributed by atoms with Crippen molar-refractivity contribution in [1.82, 2.24) is 10.3 Å². The molecule has 1 aliphatic rings. The molecule has 1 aliphatic heterocycles. The van der Waals surface area contributed by atoms with E-state index in [1.807, 2.05) is 36.4 Å². The number of carbonyl (C=O) groups excluding carboxylic acids is 2. The number of pyridine rings is 1. The summed E-state index contributed by atoms with van der Waals surface area (Å²) >= 11 is 12.0. The Kier molecular flexibility index (Phi) is 8.42. The van der Waals surface area contributed by atoms with Gasteiger partial charge in [0.25, 0.3) is 11.8 Å². The maximum absolute atomic E-state index is 13.6. The van der Waals surface area contributed by atoms with Crippen LogP contribution in [0.15, 0.2) is 85.1 Å². The lowest BCUT2D eigenvalue weighted by Crippen LogP contribution is -2.34. The summed E-state index contributed by atoms with van der Waals surface area (Å²) < 4.78 is 6.37. The molecule has 0 radical (unpaired) electrons. The number of piperidine rings is 1. The van der Waals surface area contributed by atoms with Crippen molar-refractivity contribution in [2.24, 2.45) is 0 Å². The zero-order valence-corrected chi connectivity index (χ0v) is 22.4. The first kappa shape index (κ1) is 26.7. The van der Waals surface area contributed by atoms with Gasteiger partial charge in [0, 0.05) is 11.2 Å². The number of rotatable bonds is 7. The number of para-hydroxylation sites is 1. The third-order valence-electron chi connectivity index (χ3n) is 6.37. The Labute approximate surface area is 236 Å². The molecule has 7 nitrogen and oxygen atoms in total. The molecule has 4 aromatic rings. The fourth-order valence-corrected chi connectivity index (χ4v) is 4.57. The number of nitrogens with one attached hydrogen (secondary N) is 3. The second kappa shape index (κ2) is 12.3. The van der Waals surface area contributed by atoms with Crippen LogP contribution in [0.1, 0.15) is 33.6 Å². The molecular formula is C30H26Cl2N4O3. The number of carbonyl (C=O) groups is 2. The van der Waals surface area contributed by atoms with Crippen molar-refractivity contribution < 1.29 is 14.3 Å². The molecule has 0 unspecified atom stereocenters. The Morgan fingerprint density at radius 2 is 1.49 bits per heavy atom. The summed E-state index contributed by atoms with van der Waals surface area (Å²) in [7, 11) is 0. The average Bonchev–Trinajstić information content (AvgIpc) is 2.95. The standard InChI is InChI=1S/C30H26Cl2N4O3/c31-21-8-5-19(6-9-21)20-7-11-25(27(17-20)39-23-13-15-33-16-14-23)30(38)35-26-4-2-1-3-24(26)29(37)36-28-12-10-22(32)18-34-28/h1-12,17-18,23,33H,13-16H2,(H,35,38)(H,34,36,37). The van der Waals surface area contributed by atoms with Gasteiger partial charge in [0.2, 0.25) is 0 Å². The molecule has 0 saturated carbocycles. The Balaban J connectivity index is 1.41. The van der Waals surface area contributed by atoms with Gasteiger partial charge in [0.05, 0.1) is 21.8 Å². The number of hydrogen-bond donors (Lipinski definition) is 3. The summed E-state index contributed by atoms with van der Waals surface area (Å²) in [4.78, 5) is 30.7. The lowest BCUT2D eigenvalue weighted by atomic mass is 10.0. The molecule has 2 amide bonds. The highest BCUT2D eigenvalue weighted by Gasteiger charge is 2.21. The summed E-state index contributed by atoms with van der Waals surface area (Å²) in [6.45, 7) is 1.71. The van der Waals surface area contributed by atoms with E-state index >= 15 is 0 Å². The molecule has 1 fully saturated rings. The summed E-state index contributed by atoms with van der Waals surface area (Å²) in [5.74, 6) is 0.0385. The number of nitrogens with zero attached hydrogens (tertiary/aromatic N) is 1. The molecule has 3 aromatic carbocycles. The number of anilines is 2. The monoisotopic (exact) mass is 560 g/mol. The van der Waals surface area contributed by atoms with Gasteiger partial charge in [0.15, 0.2) is 0 Å². The van der Waals surface area contributed by atoms with Crippen molar-refractivity contribution in [3.8, 4) is 16.9 Å². The number of ether oxygens (including phenoxy) is 1. The molecule has 39 heavy (non-hydrogen) atoms. The maximum Gasteiger partial charge on any atom is 0.259 e. The van der Waals surface area contributed by atoms with Crippen LogP contribution in [-0.4, -0.2) is 36.0 Å². The summed E-state index contributed by atoms with van der Waals surface area (Å²) in [6.07, 6.45) is 3.12. The second-order valence-electron chi connectivity index (χ2n) is 9.10. The third kappa shape index (κ3) is 6.75. The largest absolute Gasteiger partial charge is 0.489 e. The molecule has 9 heteroatoms. The van der Waals surface area contributed by atoms with Crippen molar-refractivity contribution in [2.75, 3.05) is 23.7 Å². The molecule has 0 aliphatic carbocycles. The molecule has 0 atom stereocenters. The Hall–Kier alpha value is -3.91. The SMILES string of the molecule is O=C(Nc1ccc(Cl)cn1)c1ccccc1NC(=O)c1ccc(-c2ccc(Cl)cc2)cc1OC1CCNCC1. The molecule has 1 aromatic heterocycles. The summed E-state index contributed by atoms with van der Waals surface area (Å²) in [5, 5.41) is 10.1. The molecule has 5 rings (SSSR count). The molecule has 198 valence electrons. The quantitative estimate of drug-likeness (QED) is 0.234. The van der Waals surface area contributed by atoms with Crippen molar-refractivity contribution in [2.45, 2.75) is 18.9 Å². The number of benzene rings is 3. The highest BCUT2D eigenvalue weighted by atomic mass is 35.5. The summed E-state index contributed by atoms with van der Waals surface area (Å²) in [5.41, 5.74) is 2.90. The average molecular weight is 561 g/mol. The van der Waals surface area contributed by atoms with Crippen LogP contribution in [0.3, 0.4) is 0 Å². The van der Waals surface area contributed by atoms with E-state index in [1.54, 1.807) is 42.5 Å². The topological polar surface area (TPSA) is 92.4 Å². The normalized spacial score (nSPS) is 13.5. The molecule has 0 bridgehead atoms. The first-order chi connectivity index (χ1) is 19.0. The lowest BCUT2D eigenvalue weighted by Gasteiger charge is -2.25. The van der Waals surface area contributed by atoms with E-state index in [0.29, 0.717) is 38.4 Å². The van der Waals surface area contributed by atoms with Crippen molar-refractivity contribution in [3.63, 3.8) is 0 Å². The van der Waals surface area contributed by atoms with Crippen LogP contribution in [0.25, 0.3) is 11.1 Å². The van der Waals surface area contributed by atoms with Crippen LogP contribution in [0.4, 0.5) is 11.5 Å². The van der Waals surface area contributed by atoms with Crippen LogP contribution >= 0.6 is 23.2 Å². The zero-order chi connectivity index (χ0) is 27.2. The van der Waals surface area contributed by atoms with E-state index in [9.17, 15) is 9.59 Å². The van der Waals surface area contributed by atoms with Gasteiger partial charge in [0.1, 0.15) is 17.7 Å². The number of halogens is 2. The number of hydrogen-bond acceptors (Lipinski definition) is 5. The molecule has 1 saturated heterocycles. The van der Waals surface area contributed by atoms with Crippen molar-refractivity contribution in [3.05, 3.63) is 106 Å². The van der Waals surface area contributed by atoms with Crippen molar-refractivity contribution in [1.29, 1.82) is 0 Å². The minimum absolute atomic E-state index is 0.0109.